The SMILES string of the molecule is COCCN1C(=S)NC(c2ccccn2)C1c1ccc(-c2ccc(C)c(Cl)c2)o1. The average Bonchev–Trinajstić information content (AvgIpc) is 3.34. The Morgan fingerprint density at radius 2 is 2.10 bits per heavy atom. The Bertz CT molecular complexity index is 1010. The van der Waals surface area contributed by atoms with Crippen LogP contribution in [0.4, 0.5) is 0 Å². The number of pyridine rings is 1. The summed E-state index contributed by atoms with van der Waals surface area (Å²) in [4.78, 5) is 6.63. The fourth-order valence-electron chi connectivity index (χ4n) is 3.56. The Labute approximate surface area is 180 Å². The largest absolute Gasteiger partial charge is 0.459 e. The van der Waals surface area contributed by atoms with E-state index in [-0.39, 0.29) is 12.1 Å². The molecule has 0 saturated carbocycles. The van der Waals surface area contributed by atoms with E-state index in [1.807, 2.05) is 55.5 Å². The highest BCUT2D eigenvalue weighted by Gasteiger charge is 2.41. The number of aromatic nitrogens is 1. The quantitative estimate of drug-likeness (QED) is 0.563. The molecule has 3 aromatic rings. The third-order valence-electron chi connectivity index (χ3n) is 5.11. The molecule has 1 aliphatic rings. The Morgan fingerprint density at radius 1 is 1.24 bits per heavy atom. The first-order chi connectivity index (χ1) is 14.1. The third kappa shape index (κ3) is 4.01. The number of nitrogens with one attached hydrogen (secondary N) is 1. The van der Waals surface area contributed by atoms with Gasteiger partial charge in [-0.25, -0.2) is 0 Å². The van der Waals surface area contributed by atoms with Crippen LogP contribution in [0.2, 0.25) is 5.02 Å². The maximum atomic E-state index is 6.30. The van der Waals surface area contributed by atoms with Gasteiger partial charge in [0.1, 0.15) is 17.6 Å². The minimum absolute atomic E-state index is 0.110. The van der Waals surface area contributed by atoms with E-state index in [4.69, 9.17) is 33.0 Å². The third-order valence-corrected chi connectivity index (χ3v) is 5.87. The maximum absolute atomic E-state index is 6.30. The van der Waals surface area contributed by atoms with E-state index in [1.54, 1.807) is 13.3 Å². The highest BCUT2D eigenvalue weighted by Crippen LogP contribution is 2.40. The van der Waals surface area contributed by atoms with Crippen molar-refractivity contribution in [2.45, 2.75) is 19.0 Å². The van der Waals surface area contributed by atoms with Crippen LogP contribution in [0.15, 0.2) is 59.1 Å². The molecule has 150 valence electrons. The fraction of sp³-hybridized carbons (Fsp3) is 0.273. The lowest BCUT2D eigenvalue weighted by molar-refractivity contribution is 0.158. The molecule has 4 rings (SSSR count). The Kier molecular flexibility index (Phi) is 5.85. The standard InChI is InChI=1S/C22H22ClN3O2S/c1-14-6-7-15(13-16(14)23)18-8-9-19(28-18)21-20(17-5-3-4-10-24-17)25-22(29)26(21)11-12-27-2/h3-10,13,20-21H,11-12H2,1-2H3,(H,25,29). The number of thiocarbonyl (C=S) groups is 1. The van der Waals surface area contributed by atoms with Crippen molar-refractivity contribution in [3.05, 3.63) is 76.8 Å². The number of methoxy groups -OCH3 is 1. The van der Waals surface area contributed by atoms with E-state index in [1.165, 1.54) is 0 Å². The van der Waals surface area contributed by atoms with Gasteiger partial charge in [-0.15, -0.1) is 0 Å². The van der Waals surface area contributed by atoms with Crippen molar-refractivity contribution < 1.29 is 9.15 Å². The zero-order valence-electron chi connectivity index (χ0n) is 16.3. The summed E-state index contributed by atoms with van der Waals surface area (Å²) < 4.78 is 11.6. The van der Waals surface area contributed by atoms with Gasteiger partial charge in [0.15, 0.2) is 5.11 Å². The molecule has 3 heterocycles. The number of halogens is 1. The second-order valence-electron chi connectivity index (χ2n) is 6.98. The number of hydrogen-bond acceptors (Lipinski definition) is 4. The predicted octanol–water partition coefficient (Wildman–Crippen LogP) is 4.92. The number of ether oxygens (including phenoxy) is 1. The Morgan fingerprint density at radius 3 is 2.83 bits per heavy atom. The lowest BCUT2D eigenvalue weighted by atomic mass is 10.0. The molecule has 1 aromatic carbocycles. The van der Waals surface area contributed by atoms with Gasteiger partial charge in [-0.3, -0.25) is 4.98 Å². The van der Waals surface area contributed by atoms with Crippen LogP contribution < -0.4 is 5.32 Å². The summed E-state index contributed by atoms with van der Waals surface area (Å²) in [6.45, 7) is 3.20. The average molecular weight is 428 g/mol. The van der Waals surface area contributed by atoms with Crippen molar-refractivity contribution in [3.63, 3.8) is 0 Å². The summed E-state index contributed by atoms with van der Waals surface area (Å²) in [5.74, 6) is 1.59. The first-order valence-electron chi connectivity index (χ1n) is 9.41. The number of aryl methyl sites for hydroxylation is 1. The highest BCUT2D eigenvalue weighted by atomic mass is 35.5. The van der Waals surface area contributed by atoms with Gasteiger partial charge in [-0.1, -0.05) is 29.8 Å². The molecule has 2 aromatic heterocycles. The molecule has 5 nitrogen and oxygen atoms in total. The van der Waals surface area contributed by atoms with Gasteiger partial charge in [0, 0.05) is 30.4 Å². The van der Waals surface area contributed by atoms with Crippen LogP contribution in [-0.2, 0) is 4.74 Å². The van der Waals surface area contributed by atoms with Crippen molar-refractivity contribution in [1.82, 2.24) is 15.2 Å². The molecule has 2 atom stereocenters. The predicted molar refractivity (Wildman–Crippen MR) is 118 cm³/mol. The van der Waals surface area contributed by atoms with Crippen LogP contribution in [0.5, 0.6) is 0 Å². The van der Waals surface area contributed by atoms with Gasteiger partial charge in [-0.2, -0.15) is 0 Å². The molecule has 1 fully saturated rings. The van der Waals surface area contributed by atoms with E-state index in [0.717, 1.165) is 33.4 Å². The van der Waals surface area contributed by atoms with Gasteiger partial charge in [0.2, 0.25) is 0 Å². The first kappa shape index (κ1) is 19.9. The zero-order valence-corrected chi connectivity index (χ0v) is 17.8. The second kappa shape index (κ2) is 8.53. The zero-order chi connectivity index (χ0) is 20.4. The van der Waals surface area contributed by atoms with Gasteiger partial charge < -0.3 is 19.4 Å². The van der Waals surface area contributed by atoms with Crippen LogP contribution in [-0.4, -0.2) is 35.3 Å². The second-order valence-corrected chi connectivity index (χ2v) is 7.77. The molecule has 1 N–H and O–H groups in total. The minimum Gasteiger partial charge on any atom is -0.459 e. The molecule has 0 spiro atoms. The summed E-state index contributed by atoms with van der Waals surface area (Å²) >= 11 is 11.9. The molecule has 0 amide bonds. The molecule has 0 aliphatic carbocycles. The van der Waals surface area contributed by atoms with Gasteiger partial charge in [-0.05, 0) is 55.0 Å². The van der Waals surface area contributed by atoms with Crippen LogP contribution in [0.25, 0.3) is 11.3 Å². The topological polar surface area (TPSA) is 50.5 Å². The minimum atomic E-state index is -0.123. The molecule has 1 aliphatic heterocycles. The molecule has 7 heteroatoms. The fourth-order valence-corrected chi connectivity index (χ4v) is 4.07. The van der Waals surface area contributed by atoms with Crippen LogP contribution in [0.3, 0.4) is 0 Å². The van der Waals surface area contributed by atoms with Gasteiger partial charge in [0.25, 0.3) is 0 Å². The smallest absolute Gasteiger partial charge is 0.170 e. The number of benzene rings is 1. The van der Waals surface area contributed by atoms with Crippen molar-refractivity contribution in [1.29, 1.82) is 0 Å². The maximum Gasteiger partial charge on any atom is 0.170 e. The molecule has 29 heavy (non-hydrogen) atoms. The van der Waals surface area contributed by atoms with E-state index in [9.17, 15) is 0 Å². The van der Waals surface area contributed by atoms with Gasteiger partial charge >= 0.3 is 0 Å². The summed E-state index contributed by atoms with van der Waals surface area (Å²) in [5.41, 5.74) is 2.89. The number of furan rings is 1. The normalized spacial score (nSPS) is 18.9. The molecular weight excluding hydrogens is 406 g/mol. The van der Waals surface area contributed by atoms with E-state index in [0.29, 0.717) is 18.3 Å². The lowest BCUT2D eigenvalue weighted by Crippen LogP contribution is -2.32. The summed E-state index contributed by atoms with van der Waals surface area (Å²) in [7, 11) is 1.68. The van der Waals surface area contributed by atoms with Crippen LogP contribution >= 0.6 is 23.8 Å². The van der Waals surface area contributed by atoms with Crippen LogP contribution in [0, 0.1) is 6.92 Å². The van der Waals surface area contributed by atoms with E-state index < -0.39 is 0 Å². The lowest BCUT2D eigenvalue weighted by Gasteiger charge is -2.25. The number of hydrogen-bond donors (Lipinski definition) is 1. The Balaban J connectivity index is 1.71. The molecule has 2 unspecified atom stereocenters. The van der Waals surface area contributed by atoms with E-state index >= 15 is 0 Å². The summed E-state index contributed by atoms with van der Waals surface area (Å²) in [5, 5.41) is 4.79. The first-order valence-corrected chi connectivity index (χ1v) is 10.2. The van der Waals surface area contributed by atoms with Crippen molar-refractivity contribution >= 4 is 28.9 Å². The van der Waals surface area contributed by atoms with Crippen molar-refractivity contribution in [3.8, 4) is 11.3 Å². The monoisotopic (exact) mass is 427 g/mol. The van der Waals surface area contributed by atoms with Crippen molar-refractivity contribution in [2.24, 2.45) is 0 Å². The van der Waals surface area contributed by atoms with Crippen LogP contribution in [0.1, 0.15) is 29.1 Å². The summed E-state index contributed by atoms with van der Waals surface area (Å²) in [6, 6.07) is 15.6. The van der Waals surface area contributed by atoms with E-state index in [2.05, 4.69) is 15.2 Å². The number of rotatable bonds is 6. The van der Waals surface area contributed by atoms with Gasteiger partial charge in [0.05, 0.1) is 18.3 Å². The molecule has 0 radical (unpaired) electrons. The molecule has 1 saturated heterocycles. The highest BCUT2D eigenvalue weighted by molar-refractivity contribution is 7.80. The van der Waals surface area contributed by atoms with Crippen molar-refractivity contribution in [2.75, 3.05) is 20.3 Å². The molecule has 0 bridgehead atoms. The molecular formula is C22H22ClN3O2S. The Hall–Kier alpha value is -2.41. The summed E-state index contributed by atoms with van der Waals surface area (Å²) in [6.07, 6.45) is 1.79. The number of nitrogens with zero attached hydrogens (tertiary/aromatic N) is 2.